The highest BCUT2D eigenvalue weighted by atomic mass is 16.5. The molecule has 0 aromatic heterocycles. The van der Waals surface area contributed by atoms with Crippen molar-refractivity contribution < 1.29 is 19.1 Å². The second kappa shape index (κ2) is 6.88. The van der Waals surface area contributed by atoms with E-state index in [1.54, 1.807) is 0 Å². The summed E-state index contributed by atoms with van der Waals surface area (Å²) in [5.41, 5.74) is 0.920. The summed E-state index contributed by atoms with van der Waals surface area (Å²) in [6.07, 6.45) is 1.13. The van der Waals surface area contributed by atoms with Gasteiger partial charge in [0.2, 0.25) is 11.8 Å². The Balaban J connectivity index is 2.01. The van der Waals surface area contributed by atoms with E-state index in [0.29, 0.717) is 19.3 Å². The summed E-state index contributed by atoms with van der Waals surface area (Å²) in [5.74, 6) is -1.00. The molecule has 1 aromatic carbocycles. The highest BCUT2D eigenvalue weighted by molar-refractivity contribution is 5.93. The molecule has 2 rings (SSSR count). The fourth-order valence-corrected chi connectivity index (χ4v) is 2.27. The van der Waals surface area contributed by atoms with Crippen LogP contribution in [0.15, 0.2) is 30.3 Å². The molecule has 112 valence electrons. The summed E-state index contributed by atoms with van der Waals surface area (Å²) < 4.78 is 4.73. The van der Waals surface area contributed by atoms with Crippen LogP contribution in [0.25, 0.3) is 0 Å². The lowest BCUT2D eigenvalue weighted by molar-refractivity contribution is -0.145. The molecule has 1 heterocycles. The molecule has 0 saturated carbocycles. The first-order chi connectivity index (χ1) is 10.1. The lowest BCUT2D eigenvalue weighted by Gasteiger charge is -2.19. The van der Waals surface area contributed by atoms with Gasteiger partial charge in [-0.15, -0.1) is 0 Å². The molecule has 6 nitrogen and oxygen atoms in total. The average Bonchev–Trinajstić information content (AvgIpc) is 2.93. The summed E-state index contributed by atoms with van der Waals surface area (Å²) >= 11 is 0. The first kappa shape index (κ1) is 15.0. The van der Waals surface area contributed by atoms with Crippen LogP contribution in [0.1, 0.15) is 18.4 Å². The van der Waals surface area contributed by atoms with Crippen LogP contribution < -0.4 is 10.6 Å². The summed E-state index contributed by atoms with van der Waals surface area (Å²) in [6, 6.07) is 8.02. The van der Waals surface area contributed by atoms with Gasteiger partial charge in [0.1, 0.15) is 12.1 Å². The third-order valence-electron chi connectivity index (χ3n) is 3.40. The van der Waals surface area contributed by atoms with Gasteiger partial charge in [0.05, 0.1) is 7.11 Å². The smallest absolute Gasteiger partial charge is 0.328 e. The van der Waals surface area contributed by atoms with Crippen molar-refractivity contribution in [1.29, 1.82) is 0 Å². The van der Waals surface area contributed by atoms with E-state index in [1.165, 1.54) is 7.11 Å². The second-order valence-electron chi connectivity index (χ2n) is 4.93. The summed E-state index contributed by atoms with van der Waals surface area (Å²) in [6.45, 7) is 0. The van der Waals surface area contributed by atoms with E-state index >= 15 is 0 Å². The lowest BCUT2D eigenvalue weighted by Crippen LogP contribution is -2.49. The fraction of sp³-hybridized carbons (Fsp3) is 0.400. The Morgan fingerprint density at radius 1 is 1.38 bits per heavy atom. The Morgan fingerprint density at radius 3 is 2.67 bits per heavy atom. The van der Waals surface area contributed by atoms with Crippen LogP contribution >= 0.6 is 0 Å². The molecule has 2 amide bonds. The maximum absolute atomic E-state index is 12.1. The van der Waals surface area contributed by atoms with Crippen molar-refractivity contribution in [3.63, 3.8) is 0 Å². The van der Waals surface area contributed by atoms with Crippen LogP contribution in [0.4, 0.5) is 0 Å². The van der Waals surface area contributed by atoms with Crippen LogP contribution in [0, 0.1) is 0 Å². The third-order valence-corrected chi connectivity index (χ3v) is 3.40. The van der Waals surface area contributed by atoms with Crippen molar-refractivity contribution >= 4 is 17.8 Å². The number of hydrogen-bond acceptors (Lipinski definition) is 4. The van der Waals surface area contributed by atoms with Crippen molar-refractivity contribution in [2.75, 3.05) is 7.11 Å². The summed E-state index contributed by atoms with van der Waals surface area (Å²) in [7, 11) is 1.28. The second-order valence-corrected chi connectivity index (χ2v) is 4.93. The van der Waals surface area contributed by atoms with Gasteiger partial charge in [-0.05, 0) is 12.0 Å². The molecule has 0 aliphatic carbocycles. The van der Waals surface area contributed by atoms with Crippen LogP contribution in [0.3, 0.4) is 0 Å². The molecule has 0 spiro atoms. The number of ether oxygens (including phenoxy) is 1. The van der Waals surface area contributed by atoms with Gasteiger partial charge in [-0.25, -0.2) is 4.79 Å². The molecule has 1 unspecified atom stereocenters. The number of amides is 2. The molecular weight excluding hydrogens is 272 g/mol. The number of carbonyl (C=O) groups excluding carboxylic acids is 3. The number of hydrogen-bond donors (Lipinski definition) is 2. The highest BCUT2D eigenvalue weighted by Gasteiger charge is 2.30. The molecule has 2 N–H and O–H groups in total. The predicted molar refractivity (Wildman–Crippen MR) is 75.3 cm³/mol. The van der Waals surface area contributed by atoms with Crippen molar-refractivity contribution in [3.05, 3.63) is 35.9 Å². The number of carbonyl (C=O) groups is 3. The monoisotopic (exact) mass is 290 g/mol. The zero-order chi connectivity index (χ0) is 15.2. The third kappa shape index (κ3) is 4.05. The van der Waals surface area contributed by atoms with Crippen LogP contribution in [0.5, 0.6) is 0 Å². The highest BCUT2D eigenvalue weighted by Crippen LogP contribution is 2.09. The quantitative estimate of drug-likeness (QED) is 0.757. The van der Waals surface area contributed by atoms with Gasteiger partial charge in [-0.3, -0.25) is 9.59 Å². The minimum Gasteiger partial charge on any atom is -0.467 e. The molecule has 1 saturated heterocycles. The van der Waals surface area contributed by atoms with E-state index in [9.17, 15) is 14.4 Å². The molecule has 1 aliphatic rings. The van der Waals surface area contributed by atoms with Gasteiger partial charge >= 0.3 is 5.97 Å². The summed E-state index contributed by atoms with van der Waals surface area (Å²) in [4.78, 5) is 35.0. The van der Waals surface area contributed by atoms with E-state index in [-0.39, 0.29) is 11.8 Å². The normalized spacial score (nSPS) is 18.7. The molecule has 1 aliphatic heterocycles. The Kier molecular flexibility index (Phi) is 4.92. The Labute approximate surface area is 122 Å². The fourth-order valence-electron chi connectivity index (χ4n) is 2.27. The Morgan fingerprint density at radius 2 is 2.10 bits per heavy atom. The standard InChI is InChI=1S/C15H18N2O4/c1-21-15(20)12(9-10-5-3-2-4-6-10)17-14(19)11-7-8-13(18)16-11/h2-6,11-12H,7-9H2,1H3,(H,16,18)(H,17,19)/t11-,12?/m0/s1. The van der Waals surface area contributed by atoms with Crippen LogP contribution in [-0.2, 0) is 25.5 Å². The van der Waals surface area contributed by atoms with Gasteiger partial charge in [-0.1, -0.05) is 30.3 Å². The van der Waals surface area contributed by atoms with E-state index in [4.69, 9.17) is 4.74 Å². The molecule has 1 fully saturated rings. The first-order valence-corrected chi connectivity index (χ1v) is 6.81. The molecule has 0 radical (unpaired) electrons. The van der Waals surface area contributed by atoms with E-state index in [0.717, 1.165) is 5.56 Å². The molecule has 21 heavy (non-hydrogen) atoms. The van der Waals surface area contributed by atoms with E-state index in [2.05, 4.69) is 10.6 Å². The average molecular weight is 290 g/mol. The topological polar surface area (TPSA) is 84.5 Å². The van der Waals surface area contributed by atoms with Gasteiger partial charge < -0.3 is 15.4 Å². The largest absolute Gasteiger partial charge is 0.467 e. The molecular formula is C15H18N2O4. The van der Waals surface area contributed by atoms with Gasteiger partial charge in [0.15, 0.2) is 0 Å². The number of benzene rings is 1. The molecule has 0 bridgehead atoms. The van der Waals surface area contributed by atoms with E-state index < -0.39 is 18.1 Å². The Bertz CT molecular complexity index is 530. The Hall–Kier alpha value is -2.37. The lowest BCUT2D eigenvalue weighted by atomic mass is 10.1. The van der Waals surface area contributed by atoms with Gasteiger partial charge in [0.25, 0.3) is 0 Å². The van der Waals surface area contributed by atoms with Gasteiger partial charge in [-0.2, -0.15) is 0 Å². The van der Waals surface area contributed by atoms with E-state index in [1.807, 2.05) is 30.3 Å². The predicted octanol–water partition coefficient (Wildman–Crippen LogP) is 0.166. The van der Waals surface area contributed by atoms with Crippen LogP contribution in [-0.4, -0.2) is 37.0 Å². The number of rotatable bonds is 5. The van der Waals surface area contributed by atoms with Crippen molar-refractivity contribution in [2.24, 2.45) is 0 Å². The minimum absolute atomic E-state index is 0.146. The van der Waals surface area contributed by atoms with Crippen molar-refractivity contribution in [2.45, 2.75) is 31.3 Å². The maximum atomic E-state index is 12.1. The minimum atomic E-state index is -0.762. The first-order valence-electron chi connectivity index (χ1n) is 6.81. The molecule has 6 heteroatoms. The van der Waals surface area contributed by atoms with Gasteiger partial charge in [0, 0.05) is 12.8 Å². The zero-order valence-corrected chi connectivity index (χ0v) is 11.8. The van der Waals surface area contributed by atoms with Crippen molar-refractivity contribution in [3.8, 4) is 0 Å². The number of methoxy groups -OCH3 is 1. The summed E-state index contributed by atoms with van der Waals surface area (Å²) in [5, 5.41) is 5.23. The maximum Gasteiger partial charge on any atom is 0.328 e. The number of nitrogens with one attached hydrogen (secondary N) is 2. The SMILES string of the molecule is COC(=O)C(Cc1ccccc1)NC(=O)[C@@H]1CCC(=O)N1. The van der Waals surface area contributed by atoms with Crippen LogP contribution in [0.2, 0.25) is 0 Å². The van der Waals surface area contributed by atoms with Crippen molar-refractivity contribution in [1.82, 2.24) is 10.6 Å². The number of esters is 1. The molecule has 2 atom stereocenters. The zero-order valence-electron chi connectivity index (χ0n) is 11.8. The molecule has 1 aromatic rings.